The van der Waals surface area contributed by atoms with Crippen LogP contribution in [-0.2, 0) is 0 Å². The van der Waals surface area contributed by atoms with Gasteiger partial charge in [0.1, 0.15) is 6.33 Å². The van der Waals surface area contributed by atoms with E-state index in [9.17, 15) is 0 Å². The highest BCUT2D eigenvalue weighted by Crippen LogP contribution is 2.26. The summed E-state index contributed by atoms with van der Waals surface area (Å²) in [6.07, 6.45) is 4.20. The highest BCUT2D eigenvalue weighted by molar-refractivity contribution is 6.30. The number of nitrogens with zero attached hydrogens (tertiary/aromatic N) is 2. The van der Waals surface area contributed by atoms with E-state index in [-0.39, 0.29) is 0 Å². The Morgan fingerprint density at radius 2 is 2.22 bits per heavy atom. The van der Waals surface area contributed by atoms with E-state index in [1.807, 2.05) is 24.3 Å². The molecule has 0 radical (unpaired) electrons. The Labute approximate surface area is 111 Å². The van der Waals surface area contributed by atoms with E-state index in [1.54, 1.807) is 6.20 Å². The maximum atomic E-state index is 5.99. The highest BCUT2D eigenvalue weighted by Gasteiger charge is 2.06. The van der Waals surface area contributed by atoms with Crippen molar-refractivity contribution < 1.29 is 0 Å². The Morgan fingerprint density at radius 1 is 1.33 bits per heavy atom. The fourth-order valence-corrected chi connectivity index (χ4v) is 1.84. The molecule has 0 aliphatic carbocycles. The molecular weight excluding hydrogens is 248 g/mol. The lowest BCUT2D eigenvalue weighted by molar-refractivity contribution is 0.873. The van der Waals surface area contributed by atoms with Gasteiger partial charge in [-0.25, -0.2) is 9.97 Å². The minimum atomic E-state index is 0.660. The molecule has 0 spiro atoms. The first-order valence-electron chi connectivity index (χ1n) is 5.81. The third-order valence-electron chi connectivity index (χ3n) is 2.51. The van der Waals surface area contributed by atoms with Gasteiger partial charge >= 0.3 is 0 Å². The second kappa shape index (κ2) is 6.33. The van der Waals surface area contributed by atoms with Gasteiger partial charge in [-0.3, -0.25) is 0 Å². The first-order valence-corrected chi connectivity index (χ1v) is 6.19. The summed E-state index contributed by atoms with van der Waals surface area (Å²) < 4.78 is 0. The molecule has 0 bridgehead atoms. The van der Waals surface area contributed by atoms with Gasteiger partial charge in [0.05, 0.1) is 17.6 Å². The molecule has 5 heteroatoms. The summed E-state index contributed by atoms with van der Waals surface area (Å²) in [5.74, 6) is 0. The number of nitrogens with two attached hydrogens (primary N) is 1. The largest absolute Gasteiger partial charge is 0.382 e. The van der Waals surface area contributed by atoms with E-state index >= 15 is 0 Å². The zero-order valence-corrected chi connectivity index (χ0v) is 10.7. The minimum absolute atomic E-state index is 0.660. The topological polar surface area (TPSA) is 63.8 Å². The summed E-state index contributed by atoms with van der Waals surface area (Å²) in [6, 6.07) is 7.61. The van der Waals surface area contributed by atoms with E-state index in [2.05, 4.69) is 15.3 Å². The second-order valence-electron chi connectivity index (χ2n) is 3.86. The Hall–Kier alpha value is -1.65. The van der Waals surface area contributed by atoms with Crippen molar-refractivity contribution >= 4 is 17.3 Å². The predicted octanol–water partition coefficient (Wildman–Crippen LogP) is 2.56. The quantitative estimate of drug-likeness (QED) is 0.813. The van der Waals surface area contributed by atoms with Crippen LogP contribution in [0, 0.1) is 0 Å². The van der Waals surface area contributed by atoms with E-state index < -0.39 is 0 Å². The number of anilines is 1. The van der Waals surface area contributed by atoms with Crippen LogP contribution < -0.4 is 11.1 Å². The zero-order chi connectivity index (χ0) is 12.8. The van der Waals surface area contributed by atoms with E-state index in [1.165, 1.54) is 6.33 Å². The van der Waals surface area contributed by atoms with Gasteiger partial charge in [-0.2, -0.15) is 0 Å². The van der Waals surface area contributed by atoms with Crippen LogP contribution in [0.2, 0.25) is 5.02 Å². The molecule has 0 saturated carbocycles. The highest BCUT2D eigenvalue weighted by atomic mass is 35.5. The number of benzene rings is 1. The molecule has 0 aliphatic rings. The van der Waals surface area contributed by atoms with Crippen LogP contribution in [0.1, 0.15) is 6.42 Å². The molecule has 2 aromatic rings. The lowest BCUT2D eigenvalue weighted by Gasteiger charge is -2.10. The molecule has 18 heavy (non-hydrogen) atoms. The Morgan fingerprint density at radius 3 is 3.00 bits per heavy atom. The number of aromatic nitrogens is 2. The SMILES string of the molecule is NCCCNc1cncnc1-c1cccc(Cl)c1. The van der Waals surface area contributed by atoms with Gasteiger partial charge in [0.25, 0.3) is 0 Å². The summed E-state index contributed by atoms with van der Waals surface area (Å²) in [4.78, 5) is 8.34. The second-order valence-corrected chi connectivity index (χ2v) is 4.30. The number of hydrogen-bond donors (Lipinski definition) is 2. The third-order valence-corrected chi connectivity index (χ3v) is 2.74. The first-order chi connectivity index (χ1) is 8.81. The maximum absolute atomic E-state index is 5.99. The zero-order valence-electron chi connectivity index (χ0n) is 9.94. The summed E-state index contributed by atoms with van der Waals surface area (Å²) in [6.45, 7) is 1.46. The molecular formula is C13H15ClN4. The van der Waals surface area contributed by atoms with E-state index in [4.69, 9.17) is 17.3 Å². The molecule has 0 unspecified atom stereocenters. The van der Waals surface area contributed by atoms with Crippen LogP contribution in [0.15, 0.2) is 36.8 Å². The van der Waals surface area contributed by atoms with Gasteiger partial charge in [0.15, 0.2) is 0 Å². The molecule has 4 nitrogen and oxygen atoms in total. The number of rotatable bonds is 5. The van der Waals surface area contributed by atoms with Crippen LogP contribution >= 0.6 is 11.6 Å². The van der Waals surface area contributed by atoms with Crippen molar-refractivity contribution in [2.45, 2.75) is 6.42 Å². The van der Waals surface area contributed by atoms with Crippen LogP contribution in [0.4, 0.5) is 5.69 Å². The van der Waals surface area contributed by atoms with Crippen LogP contribution in [0.3, 0.4) is 0 Å². The molecule has 0 atom stereocenters. The molecule has 0 aliphatic heterocycles. The Bertz CT molecular complexity index is 516. The molecule has 2 rings (SSSR count). The fourth-order valence-electron chi connectivity index (χ4n) is 1.65. The van der Waals surface area contributed by atoms with Gasteiger partial charge in [0, 0.05) is 17.1 Å². The van der Waals surface area contributed by atoms with Gasteiger partial charge in [-0.15, -0.1) is 0 Å². The van der Waals surface area contributed by atoms with Crippen molar-refractivity contribution in [1.82, 2.24) is 9.97 Å². The molecule has 3 N–H and O–H groups in total. The van der Waals surface area contributed by atoms with Crippen LogP contribution in [0.5, 0.6) is 0 Å². The van der Waals surface area contributed by atoms with Gasteiger partial charge in [-0.05, 0) is 25.1 Å². The van der Waals surface area contributed by atoms with Crippen molar-refractivity contribution in [3.63, 3.8) is 0 Å². The summed E-state index contributed by atoms with van der Waals surface area (Å²) in [5, 5.41) is 3.98. The molecule has 1 heterocycles. The maximum Gasteiger partial charge on any atom is 0.116 e. The van der Waals surface area contributed by atoms with Crippen molar-refractivity contribution in [2.75, 3.05) is 18.4 Å². The van der Waals surface area contributed by atoms with Gasteiger partial charge in [-0.1, -0.05) is 23.7 Å². The van der Waals surface area contributed by atoms with Gasteiger partial charge < -0.3 is 11.1 Å². The summed E-state index contributed by atoms with van der Waals surface area (Å²) >= 11 is 5.99. The lowest BCUT2D eigenvalue weighted by Crippen LogP contribution is -2.09. The molecule has 1 aromatic heterocycles. The first kappa shape index (κ1) is 12.8. The van der Waals surface area contributed by atoms with E-state index in [0.29, 0.717) is 11.6 Å². The Kier molecular flexibility index (Phi) is 4.50. The average Bonchev–Trinajstić information content (AvgIpc) is 2.40. The molecule has 0 fully saturated rings. The number of hydrogen-bond acceptors (Lipinski definition) is 4. The average molecular weight is 263 g/mol. The molecule has 94 valence electrons. The molecule has 0 amide bonds. The third kappa shape index (κ3) is 3.18. The standard InChI is InChI=1S/C13H15ClN4/c14-11-4-1-3-10(7-11)13-12(8-16-9-18-13)17-6-2-5-15/h1,3-4,7-9,17H,2,5-6,15H2. The van der Waals surface area contributed by atoms with Crippen molar-refractivity contribution in [3.05, 3.63) is 41.8 Å². The minimum Gasteiger partial charge on any atom is -0.382 e. The molecule has 0 saturated heterocycles. The van der Waals surface area contributed by atoms with Crippen molar-refractivity contribution in [1.29, 1.82) is 0 Å². The number of nitrogens with one attached hydrogen (secondary N) is 1. The fraction of sp³-hybridized carbons (Fsp3) is 0.231. The van der Waals surface area contributed by atoms with Crippen molar-refractivity contribution in [2.24, 2.45) is 5.73 Å². The summed E-state index contributed by atoms with van der Waals surface area (Å²) in [5.41, 5.74) is 8.19. The van der Waals surface area contributed by atoms with Crippen LogP contribution in [-0.4, -0.2) is 23.1 Å². The summed E-state index contributed by atoms with van der Waals surface area (Å²) in [7, 11) is 0. The Balaban J connectivity index is 2.27. The van der Waals surface area contributed by atoms with E-state index in [0.717, 1.165) is 29.9 Å². The van der Waals surface area contributed by atoms with Crippen molar-refractivity contribution in [3.8, 4) is 11.3 Å². The lowest BCUT2D eigenvalue weighted by atomic mass is 10.1. The monoisotopic (exact) mass is 262 g/mol. The smallest absolute Gasteiger partial charge is 0.116 e. The van der Waals surface area contributed by atoms with Gasteiger partial charge in [0.2, 0.25) is 0 Å². The molecule has 1 aromatic carbocycles. The normalized spacial score (nSPS) is 10.3. The number of halogens is 1. The predicted molar refractivity (Wildman–Crippen MR) is 74.6 cm³/mol. The van der Waals surface area contributed by atoms with Crippen LogP contribution in [0.25, 0.3) is 11.3 Å².